The van der Waals surface area contributed by atoms with E-state index >= 15 is 0 Å². The summed E-state index contributed by atoms with van der Waals surface area (Å²) in [5.41, 5.74) is 0.308. The van der Waals surface area contributed by atoms with Crippen molar-refractivity contribution in [1.29, 1.82) is 0 Å². The molecule has 1 aliphatic carbocycles. The minimum Gasteiger partial charge on any atom is -0.337 e. The molecule has 0 bridgehead atoms. The predicted molar refractivity (Wildman–Crippen MR) is 81.2 cm³/mol. The molecule has 3 heterocycles. The van der Waals surface area contributed by atoms with E-state index < -0.39 is 0 Å². The van der Waals surface area contributed by atoms with Gasteiger partial charge in [0.1, 0.15) is 11.5 Å². The average Bonchev–Trinajstić information content (AvgIpc) is 3.11. The van der Waals surface area contributed by atoms with Crippen LogP contribution >= 0.6 is 11.3 Å². The third kappa shape index (κ3) is 2.58. The Labute approximate surface area is 130 Å². The minimum atomic E-state index is -0.274. The molecule has 0 aromatic carbocycles. The van der Waals surface area contributed by atoms with Gasteiger partial charge in [-0.2, -0.15) is 5.10 Å². The molecule has 1 saturated heterocycles. The van der Waals surface area contributed by atoms with Gasteiger partial charge in [0.15, 0.2) is 0 Å². The smallest absolute Gasteiger partial charge is 0.337 e. The van der Waals surface area contributed by atoms with E-state index in [0.717, 1.165) is 17.8 Å². The molecular formula is C14H17N5O2S. The van der Waals surface area contributed by atoms with Crippen molar-refractivity contribution in [3.63, 3.8) is 0 Å². The van der Waals surface area contributed by atoms with E-state index in [9.17, 15) is 9.59 Å². The molecule has 1 saturated carbocycles. The molecule has 4 rings (SSSR count). The summed E-state index contributed by atoms with van der Waals surface area (Å²) in [6.07, 6.45) is 4.03. The van der Waals surface area contributed by atoms with Crippen LogP contribution in [0.25, 0.3) is 0 Å². The first-order valence-electron chi connectivity index (χ1n) is 7.60. The summed E-state index contributed by atoms with van der Waals surface area (Å²) in [4.78, 5) is 32.7. The molecule has 1 aliphatic heterocycles. The molecule has 2 aliphatic rings. The molecule has 7 nitrogen and oxygen atoms in total. The van der Waals surface area contributed by atoms with Crippen molar-refractivity contribution in [3.05, 3.63) is 32.4 Å². The molecule has 2 fully saturated rings. The van der Waals surface area contributed by atoms with Gasteiger partial charge in [-0.05, 0) is 25.7 Å². The lowest BCUT2D eigenvalue weighted by Gasteiger charge is -2.30. The molecule has 2 aromatic heterocycles. The fourth-order valence-corrected chi connectivity index (χ4v) is 3.86. The van der Waals surface area contributed by atoms with Crippen molar-refractivity contribution in [2.75, 3.05) is 13.1 Å². The molecule has 1 amide bonds. The highest BCUT2D eigenvalue weighted by atomic mass is 32.1. The number of aromatic amines is 2. The van der Waals surface area contributed by atoms with Gasteiger partial charge in [0, 0.05) is 30.3 Å². The Bertz CT molecular complexity index is 736. The molecule has 0 atom stereocenters. The highest BCUT2D eigenvalue weighted by molar-refractivity contribution is 7.10. The largest absolute Gasteiger partial charge is 0.340 e. The molecule has 22 heavy (non-hydrogen) atoms. The van der Waals surface area contributed by atoms with E-state index in [1.165, 1.54) is 12.8 Å². The van der Waals surface area contributed by atoms with Crippen LogP contribution in [0.1, 0.15) is 58.8 Å². The van der Waals surface area contributed by atoms with Gasteiger partial charge in [-0.3, -0.25) is 9.78 Å². The summed E-state index contributed by atoms with van der Waals surface area (Å²) >= 11 is 1.60. The van der Waals surface area contributed by atoms with Crippen LogP contribution < -0.4 is 5.69 Å². The molecule has 2 N–H and O–H groups in total. The zero-order valence-electron chi connectivity index (χ0n) is 12.0. The Morgan fingerprint density at radius 2 is 2.00 bits per heavy atom. The first-order chi connectivity index (χ1) is 10.7. The lowest BCUT2D eigenvalue weighted by molar-refractivity contribution is 0.0706. The highest BCUT2D eigenvalue weighted by Crippen LogP contribution is 2.41. The molecule has 2 aromatic rings. The third-order valence-electron chi connectivity index (χ3n) is 4.36. The number of nitrogens with zero attached hydrogens (tertiary/aromatic N) is 3. The Kier molecular flexibility index (Phi) is 3.33. The maximum Gasteiger partial charge on any atom is 0.340 e. The van der Waals surface area contributed by atoms with Gasteiger partial charge < -0.3 is 4.90 Å². The van der Waals surface area contributed by atoms with E-state index in [-0.39, 0.29) is 17.5 Å². The molecule has 8 heteroatoms. The van der Waals surface area contributed by atoms with E-state index in [0.29, 0.717) is 30.5 Å². The predicted octanol–water partition coefficient (Wildman–Crippen LogP) is 1.45. The van der Waals surface area contributed by atoms with E-state index in [1.54, 1.807) is 11.3 Å². The second-order valence-corrected chi connectivity index (χ2v) is 6.86. The molecule has 116 valence electrons. The summed E-state index contributed by atoms with van der Waals surface area (Å²) in [6, 6.07) is 0. The average molecular weight is 319 g/mol. The molecule has 0 spiro atoms. The number of carbonyl (C=O) groups excluding carboxylic acids is 1. The van der Waals surface area contributed by atoms with Crippen molar-refractivity contribution in [2.24, 2.45) is 0 Å². The van der Waals surface area contributed by atoms with Gasteiger partial charge in [0.05, 0.1) is 5.01 Å². The van der Waals surface area contributed by atoms with E-state index in [1.807, 2.05) is 10.3 Å². The van der Waals surface area contributed by atoms with Gasteiger partial charge in [-0.25, -0.2) is 14.9 Å². The second kappa shape index (κ2) is 5.35. The second-order valence-electron chi connectivity index (χ2n) is 5.97. The van der Waals surface area contributed by atoms with Gasteiger partial charge in [0.2, 0.25) is 0 Å². The van der Waals surface area contributed by atoms with Crippen LogP contribution in [-0.2, 0) is 0 Å². The van der Waals surface area contributed by atoms with Gasteiger partial charge >= 0.3 is 5.69 Å². The number of thiazole rings is 1. The monoisotopic (exact) mass is 319 g/mol. The summed E-state index contributed by atoms with van der Waals surface area (Å²) in [5, 5.41) is 9.37. The maximum absolute atomic E-state index is 12.5. The lowest BCUT2D eigenvalue weighted by atomic mass is 9.96. The Hall–Kier alpha value is -1.96. The lowest BCUT2D eigenvalue weighted by Crippen LogP contribution is -2.38. The van der Waals surface area contributed by atoms with E-state index in [2.05, 4.69) is 20.2 Å². The number of amides is 1. The third-order valence-corrected chi connectivity index (χ3v) is 5.36. The number of hydrogen-bond donors (Lipinski definition) is 2. The van der Waals surface area contributed by atoms with Crippen molar-refractivity contribution in [1.82, 2.24) is 25.1 Å². The first kappa shape index (κ1) is 13.7. The highest BCUT2D eigenvalue weighted by Gasteiger charge is 2.30. The molecule has 0 radical (unpaired) electrons. The number of rotatable bonds is 3. The van der Waals surface area contributed by atoms with Crippen LogP contribution in [0.15, 0.2) is 10.2 Å². The normalized spacial score (nSPS) is 19.5. The van der Waals surface area contributed by atoms with Crippen LogP contribution in [-0.4, -0.2) is 44.1 Å². The first-order valence-corrected chi connectivity index (χ1v) is 8.48. The van der Waals surface area contributed by atoms with Crippen LogP contribution in [0, 0.1) is 0 Å². The summed E-state index contributed by atoms with van der Waals surface area (Å²) in [6.45, 7) is 1.35. The number of hydrogen-bond acceptors (Lipinski definition) is 5. The number of piperidine rings is 1. The Balaban J connectivity index is 1.39. The summed E-state index contributed by atoms with van der Waals surface area (Å²) in [7, 11) is 0. The fourth-order valence-electron chi connectivity index (χ4n) is 2.90. The van der Waals surface area contributed by atoms with Gasteiger partial charge in [-0.1, -0.05) is 0 Å². The topological polar surface area (TPSA) is 94.7 Å². The number of aromatic nitrogens is 4. The minimum absolute atomic E-state index is 0.0251. The quantitative estimate of drug-likeness (QED) is 0.895. The van der Waals surface area contributed by atoms with Crippen molar-refractivity contribution >= 4 is 17.2 Å². The SMILES string of the molecule is O=C(c1csc(C2CC2)n1)N1CCC(c2n[nH]c(=O)[nH]2)CC1. The van der Waals surface area contributed by atoms with Crippen molar-refractivity contribution in [2.45, 2.75) is 37.5 Å². The van der Waals surface area contributed by atoms with Crippen molar-refractivity contribution < 1.29 is 4.79 Å². The Morgan fingerprint density at radius 3 is 2.64 bits per heavy atom. The van der Waals surface area contributed by atoms with Crippen molar-refractivity contribution in [3.8, 4) is 0 Å². The van der Waals surface area contributed by atoms with Crippen LogP contribution in [0.5, 0.6) is 0 Å². The van der Waals surface area contributed by atoms with Gasteiger partial charge in [0.25, 0.3) is 5.91 Å². The summed E-state index contributed by atoms with van der Waals surface area (Å²) in [5.74, 6) is 1.52. The summed E-state index contributed by atoms with van der Waals surface area (Å²) < 4.78 is 0. The number of carbonyl (C=O) groups is 1. The van der Waals surface area contributed by atoms with Crippen LogP contribution in [0.3, 0.4) is 0 Å². The zero-order valence-corrected chi connectivity index (χ0v) is 12.9. The number of H-pyrrole nitrogens is 2. The number of likely N-dealkylation sites (tertiary alicyclic amines) is 1. The Morgan fingerprint density at radius 1 is 1.23 bits per heavy atom. The zero-order chi connectivity index (χ0) is 15.1. The van der Waals surface area contributed by atoms with Gasteiger partial charge in [-0.15, -0.1) is 11.3 Å². The van der Waals surface area contributed by atoms with Crippen LogP contribution in [0.4, 0.5) is 0 Å². The molecular weight excluding hydrogens is 302 g/mol. The van der Waals surface area contributed by atoms with E-state index in [4.69, 9.17) is 0 Å². The molecule has 0 unspecified atom stereocenters. The number of nitrogens with one attached hydrogen (secondary N) is 2. The van der Waals surface area contributed by atoms with Crippen LogP contribution in [0.2, 0.25) is 0 Å². The standard InChI is InChI=1S/C14H17N5O2S/c20-13(10-7-22-12(15-10)9-1-2-9)19-5-3-8(4-6-19)11-16-14(21)18-17-11/h7-9H,1-6H2,(H2,16,17,18,21). The fraction of sp³-hybridized carbons (Fsp3) is 0.571. The maximum atomic E-state index is 12.5.